The van der Waals surface area contributed by atoms with Crippen LogP contribution < -0.4 is 0 Å². The summed E-state index contributed by atoms with van der Waals surface area (Å²) in [6, 6.07) is 0. The van der Waals surface area contributed by atoms with Gasteiger partial charge in [-0.3, -0.25) is 4.79 Å². The number of halogens is 1. The highest BCUT2D eigenvalue weighted by molar-refractivity contribution is 5.68. The van der Waals surface area contributed by atoms with E-state index in [1.54, 1.807) is 13.8 Å². The van der Waals surface area contributed by atoms with Gasteiger partial charge in [-0.2, -0.15) is 0 Å². The molecule has 0 heterocycles. The summed E-state index contributed by atoms with van der Waals surface area (Å²) < 4.78 is 17.3. The van der Waals surface area contributed by atoms with E-state index in [1.165, 1.54) is 7.11 Å². The molecule has 0 unspecified atom stereocenters. The molecule has 0 saturated carbocycles. The second-order valence-corrected chi connectivity index (χ2v) is 3.50. The molecule has 0 aliphatic heterocycles. The minimum Gasteiger partial charge on any atom is -0.469 e. The normalized spacial score (nSPS) is 11.3. The Bertz CT molecular complexity index is 138. The number of unbranched alkanes of at least 4 members (excludes halogenated alkanes) is 1. The van der Waals surface area contributed by atoms with E-state index in [0.29, 0.717) is 19.3 Å². The quantitative estimate of drug-likeness (QED) is 0.475. The van der Waals surface area contributed by atoms with Gasteiger partial charge in [0.2, 0.25) is 0 Å². The number of esters is 1. The van der Waals surface area contributed by atoms with Gasteiger partial charge in [-0.25, -0.2) is 4.39 Å². The van der Waals surface area contributed by atoms with Gasteiger partial charge < -0.3 is 4.74 Å². The van der Waals surface area contributed by atoms with Gasteiger partial charge in [0.1, 0.15) is 5.67 Å². The van der Waals surface area contributed by atoms with Crippen LogP contribution in [0.15, 0.2) is 0 Å². The maximum atomic E-state index is 12.9. The van der Waals surface area contributed by atoms with E-state index >= 15 is 0 Å². The van der Waals surface area contributed by atoms with Crippen LogP contribution in [0.5, 0.6) is 0 Å². The Morgan fingerprint density at radius 1 is 1.42 bits per heavy atom. The Labute approximate surface area is 73.1 Å². The van der Waals surface area contributed by atoms with Crippen molar-refractivity contribution in [2.75, 3.05) is 7.11 Å². The zero-order valence-corrected chi connectivity index (χ0v) is 8.02. The molecule has 0 aliphatic rings. The highest BCUT2D eigenvalue weighted by Crippen LogP contribution is 2.17. The minimum atomic E-state index is -1.11. The Morgan fingerprint density at radius 3 is 2.42 bits per heavy atom. The van der Waals surface area contributed by atoms with Gasteiger partial charge in [0, 0.05) is 6.42 Å². The van der Waals surface area contributed by atoms with Crippen LogP contribution in [0, 0.1) is 0 Å². The van der Waals surface area contributed by atoms with Crippen molar-refractivity contribution in [2.24, 2.45) is 0 Å². The fraction of sp³-hybridized carbons (Fsp3) is 0.889. The molecule has 0 saturated heterocycles. The number of hydrogen-bond donors (Lipinski definition) is 0. The van der Waals surface area contributed by atoms with Crippen LogP contribution in [0.4, 0.5) is 4.39 Å². The van der Waals surface area contributed by atoms with Gasteiger partial charge >= 0.3 is 5.97 Å². The van der Waals surface area contributed by atoms with Crippen LogP contribution in [0.2, 0.25) is 0 Å². The number of hydrogen-bond acceptors (Lipinski definition) is 2. The van der Waals surface area contributed by atoms with Crippen molar-refractivity contribution in [3.05, 3.63) is 0 Å². The van der Waals surface area contributed by atoms with E-state index in [2.05, 4.69) is 4.74 Å². The second-order valence-electron chi connectivity index (χ2n) is 3.50. The summed E-state index contributed by atoms with van der Waals surface area (Å²) in [6.07, 6.45) is 2.34. The van der Waals surface area contributed by atoms with Crippen molar-refractivity contribution >= 4 is 5.97 Å². The van der Waals surface area contributed by atoms with Gasteiger partial charge in [-0.1, -0.05) is 0 Å². The molecule has 0 atom stereocenters. The fourth-order valence-electron chi connectivity index (χ4n) is 0.917. The molecule has 0 aromatic heterocycles. The summed E-state index contributed by atoms with van der Waals surface area (Å²) in [7, 11) is 1.36. The maximum Gasteiger partial charge on any atom is 0.305 e. The molecule has 0 aliphatic carbocycles. The molecule has 0 bridgehead atoms. The smallest absolute Gasteiger partial charge is 0.305 e. The first-order valence-electron chi connectivity index (χ1n) is 4.21. The van der Waals surface area contributed by atoms with E-state index in [-0.39, 0.29) is 5.97 Å². The van der Waals surface area contributed by atoms with E-state index in [9.17, 15) is 9.18 Å². The third-order valence-corrected chi connectivity index (χ3v) is 1.63. The lowest BCUT2D eigenvalue weighted by atomic mass is 10.0. The molecule has 0 aromatic carbocycles. The SMILES string of the molecule is COC(=O)CCCCC(C)(C)F. The number of ether oxygens (including phenoxy) is 1. The number of carbonyl (C=O) groups excluding carboxylic acids is 1. The monoisotopic (exact) mass is 176 g/mol. The molecule has 0 rings (SSSR count). The molecular weight excluding hydrogens is 159 g/mol. The van der Waals surface area contributed by atoms with Crippen LogP contribution in [0.25, 0.3) is 0 Å². The second kappa shape index (κ2) is 5.12. The van der Waals surface area contributed by atoms with Crippen LogP contribution in [-0.4, -0.2) is 18.7 Å². The van der Waals surface area contributed by atoms with Crippen molar-refractivity contribution in [3.8, 4) is 0 Å². The minimum absolute atomic E-state index is 0.216. The van der Waals surface area contributed by atoms with Crippen molar-refractivity contribution in [3.63, 3.8) is 0 Å². The molecule has 3 heteroatoms. The van der Waals surface area contributed by atoms with Crippen molar-refractivity contribution in [1.29, 1.82) is 0 Å². The molecule has 12 heavy (non-hydrogen) atoms. The van der Waals surface area contributed by atoms with Crippen LogP contribution in [0.3, 0.4) is 0 Å². The standard InChI is InChI=1S/C9H17FO2/c1-9(2,10)7-5-4-6-8(11)12-3/h4-7H2,1-3H3. The lowest BCUT2D eigenvalue weighted by molar-refractivity contribution is -0.140. The summed E-state index contributed by atoms with van der Waals surface area (Å²) >= 11 is 0. The maximum absolute atomic E-state index is 12.9. The third-order valence-electron chi connectivity index (χ3n) is 1.63. The zero-order valence-electron chi connectivity index (χ0n) is 8.02. The van der Waals surface area contributed by atoms with Crippen LogP contribution in [-0.2, 0) is 9.53 Å². The van der Waals surface area contributed by atoms with E-state index in [4.69, 9.17) is 0 Å². The molecule has 0 amide bonds. The number of methoxy groups -OCH3 is 1. The van der Waals surface area contributed by atoms with E-state index in [0.717, 1.165) is 6.42 Å². The average molecular weight is 176 g/mol. The average Bonchev–Trinajstić information content (AvgIpc) is 1.96. The van der Waals surface area contributed by atoms with Crippen molar-refractivity contribution < 1.29 is 13.9 Å². The Kier molecular flexibility index (Phi) is 4.86. The molecule has 0 N–H and O–H groups in total. The first-order chi connectivity index (χ1) is 5.45. The van der Waals surface area contributed by atoms with E-state index < -0.39 is 5.67 Å². The topological polar surface area (TPSA) is 26.3 Å². The zero-order chi connectivity index (χ0) is 9.61. The molecular formula is C9H17FO2. The van der Waals surface area contributed by atoms with Gasteiger partial charge in [0.25, 0.3) is 0 Å². The Morgan fingerprint density at radius 2 is 2.00 bits per heavy atom. The van der Waals surface area contributed by atoms with Gasteiger partial charge in [-0.05, 0) is 33.1 Å². The summed E-state index contributed by atoms with van der Waals surface area (Å²) in [6.45, 7) is 3.09. The van der Waals surface area contributed by atoms with Crippen LogP contribution in [0.1, 0.15) is 39.5 Å². The molecule has 0 spiro atoms. The molecule has 72 valence electrons. The van der Waals surface area contributed by atoms with Crippen molar-refractivity contribution in [2.45, 2.75) is 45.2 Å². The summed E-state index contributed by atoms with van der Waals surface area (Å²) in [5.74, 6) is -0.216. The predicted octanol–water partition coefficient (Wildman–Crippen LogP) is 2.47. The summed E-state index contributed by atoms with van der Waals surface area (Å²) in [5.41, 5.74) is -1.11. The Hall–Kier alpha value is -0.600. The van der Waals surface area contributed by atoms with Gasteiger partial charge in [-0.15, -0.1) is 0 Å². The lowest BCUT2D eigenvalue weighted by Gasteiger charge is -2.12. The van der Waals surface area contributed by atoms with E-state index in [1.807, 2.05) is 0 Å². The number of alkyl halides is 1. The first kappa shape index (κ1) is 11.4. The molecule has 0 aromatic rings. The van der Waals surface area contributed by atoms with Gasteiger partial charge in [0.15, 0.2) is 0 Å². The van der Waals surface area contributed by atoms with Gasteiger partial charge in [0.05, 0.1) is 7.11 Å². The summed E-state index contributed by atoms with van der Waals surface area (Å²) in [4.78, 5) is 10.6. The highest BCUT2D eigenvalue weighted by Gasteiger charge is 2.14. The molecule has 2 nitrogen and oxygen atoms in total. The third kappa shape index (κ3) is 7.51. The molecule has 0 radical (unpaired) electrons. The first-order valence-corrected chi connectivity index (χ1v) is 4.21. The number of rotatable bonds is 5. The Balaban J connectivity index is 3.28. The highest BCUT2D eigenvalue weighted by atomic mass is 19.1. The fourth-order valence-corrected chi connectivity index (χ4v) is 0.917. The predicted molar refractivity (Wildman–Crippen MR) is 45.7 cm³/mol. The lowest BCUT2D eigenvalue weighted by Crippen LogP contribution is -2.11. The van der Waals surface area contributed by atoms with Crippen LogP contribution >= 0.6 is 0 Å². The summed E-state index contributed by atoms with van der Waals surface area (Å²) in [5, 5.41) is 0. The largest absolute Gasteiger partial charge is 0.469 e. The molecule has 0 fully saturated rings. The number of carbonyl (C=O) groups is 1. The van der Waals surface area contributed by atoms with Crippen molar-refractivity contribution in [1.82, 2.24) is 0 Å².